The smallest absolute Gasteiger partial charge is 0.254 e. The van der Waals surface area contributed by atoms with Crippen LogP contribution in [0.4, 0.5) is 0 Å². The van der Waals surface area contributed by atoms with Gasteiger partial charge in [-0.3, -0.25) is 4.79 Å². The van der Waals surface area contributed by atoms with Crippen molar-refractivity contribution in [3.63, 3.8) is 0 Å². The Morgan fingerprint density at radius 3 is 2.73 bits per heavy atom. The van der Waals surface area contributed by atoms with Crippen LogP contribution in [0.2, 0.25) is 0 Å². The minimum atomic E-state index is -0.127. The summed E-state index contributed by atoms with van der Waals surface area (Å²) in [6, 6.07) is 1.65. The van der Waals surface area contributed by atoms with Crippen molar-refractivity contribution in [1.82, 2.24) is 5.32 Å². The van der Waals surface area contributed by atoms with Crippen molar-refractivity contribution in [2.24, 2.45) is 11.7 Å². The van der Waals surface area contributed by atoms with E-state index in [1.165, 1.54) is 6.26 Å². The summed E-state index contributed by atoms with van der Waals surface area (Å²) in [5.41, 5.74) is 6.39. The standard InChI is InChI=1S/C11H18N2O2/c1-7(2)10(12)6-13-11(14)9-4-5-15-8(9)3/h4-5,7,10H,6,12H2,1-3H3,(H,13,14). The number of amides is 1. The molecule has 0 aromatic carbocycles. The van der Waals surface area contributed by atoms with Crippen LogP contribution in [0.15, 0.2) is 16.7 Å². The molecule has 0 aliphatic rings. The van der Waals surface area contributed by atoms with Crippen molar-refractivity contribution in [3.05, 3.63) is 23.7 Å². The van der Waals surface area contributed by atoms with E-state index >= 15 is 0 Å². The van der Waals surface area contributed by atoms with Gasteiger partial charge in [0.15, 0.2) is 0 Å². The van der Waals surface area contributed by atoms with E-state index < -0.39 is 0 Å². The molecule has 0 saturated carbocycles. The lowest BCUT2D eigenvalue weighted by Gasteiger charge is -2.15. The van der Waals surface area contributed by atoms with Crippen LogP contribution in [-0.2, 0) is 0 Å². The fourth-order valence-electron chi connectivity index (χ4n) is 1.16. The van der Waals surface area contributed by atoms with E-state index in [4.69, 9.17) is 10.2 Å². The molecule has 1 aromatic heterocycles. The van der Waals surface area contributed by atoms with Gasteiger partial charge in [0.1, 0.15) is 5.76 Å². The Kier molecular flexibility index (Phi) is 3.91. The van der Waals surface area contributed by atoms with Gasteiger partial charge >= 0.3 is 0 Å². The average Bonchev–Trinajstić information content (AvgIpc) is 2.60. The van der Waals surface area contributed by atoms with E-state index in [0.717, 1.165) is 0 Å². The van der Waals surface area contributed by atoms with Gasteiger partial charge in [-0.15, -0.1) is 0 Å². The molecule has 0 aliphatic heterocycles. The number of rotatable bonds is 4. The highest BCUT2D eigenvalue weighted by molar-refractivity contribution is 5.95. The number of furan rings is 1. The van der Waals surface area contributed by atoms with Gasteiger partial charge in [-0.1, -0.05) is 13.8 Å². The van der Waals surface area contributed by atoms with Crippen LogP contribution in [-0.4, -0.2) is 18.5 Å². The molecule has 1 unspecified atom stereocenters. The summed E-state index contributed by atoms with van der Waals surface area (Å²) in [5.74, 6) is 0.860. The fourth-order valence-corrected chi connectivity index (χ4v) is 1.16. The highest BCUT2D eigenvalue weighted by Gasteiger charge is 2.13. The van der Waals surface area contributed by atoms with Gasteiger partial charge in [0.25, 0.3) is 5.91 Å². The minimum absolute atomic E-state index is 0.0128. The molecule has 0 bridgehead atoms. The summed E-state index contributed by atoms with van der Waals surface area (Å²) in [6.45, 7) is 6.30. The Morgan fingerprint density at radius 2 is 2.27 bits per heavy atom. The monoisotopic (exact) mass is 210 g/mol. The van der Waals surface area contributed by atoms with Crippen LogP contribution in [0.1, 0.15) is 30.0 Å². The maximum atomic E-state index is 11.6. The molecule has 0 aliphatic carbocycles. The van der Waals surface area contributed by atoms with Gasteiger partial charge in [-0.2, -0.15) is 0 Å². The van der Waals surface area contributed by atoms with Gasteiger partial charge in [-0.25, -0.2) is 0 Å². The number of carbonyl (C=O) groups is 1. The van der Waals surface area contributed by atoms with E-state index in [1.54, 1.807) is 13.0 Å². The highest BCUT2D eigenvalue weighted by Crippen LogP contribution is 2.08. The molecule has 4 nitrogen and oxygen atoms in total. The maximum Gasteiger partial charge on any atom is 0.254 e. The van der Waals surface area contributed by atoms with Gasteiger partial charge in [0.05, 0.1) is 11.8 Å². The summed E-state index contributed by atoms with van der Waals surface area (Å²) in [7, 11) is 0. The molecule has 0 saturated heterocycles. The zero-order chi connectivity index (χ0) is 11.4. The molecular formula is C11H18N2O2. The lowest BCUT2D eigenvalue weighted by Crippen LogP contribution is -2.40. The van der Waals surface area contributed by atoms with Crippen molar-refractivity contribution in [1.29, 1.82) is 0 Å². The predicted molar refractivity (Wildman–Crippen MR) is 58.6 cm³/mol. The maximum absolute atomic E-state index is 11.6. The summed E-state index contributed by atoms with van der Waals surface area (Å²) in [6.07, 6.45) is 1.51. The second-order valence-corrected chi connectivity index (χ2v) is 4.01. The van der Waals surface area contributed by atoms with Gasteiger partial charge in [0.2, 0.25) is 0 Å². The minimum Gasteiger partial charge on any atom is -0.469 e. The van der Waals surface area contributed by atoms with Crippen molar-refractivity contribution in [2.45, 2.75) is 26.8 Å². The Labute approximate surface area is 89.8 Å². The Bertz CT molecular complexity index is 331. The van der Waals surface area contributed by atoms with E-state index in [9.17, 15) is 4.79 Å². The first-order valence-electron chi connectivity index (χ1n) is 5.10. The first-order valence-corrected chi connectivity index (χ1v) is 5.10. The predicted octanol–water partition coefficient (Wildman–Crippen LogP) is 1.30. The van der Waals surface area contributed by atoms with Crippen LogP contribution in [0.5, 0.6) is 0 Å². The molecular weight excluding hydrogens is 192 g/mol. The number of aryl methyl sites for hydroxylation is 1. The van der Waals surface area contributed by atoms with Crippen molar-refractivity contribution >= 4 is 5.91 Å². The second kappa shape index (κ2) is 4.98. The van der Waals surface area contributed by atoms with Crippen LogP contribution >= 0.6 is 0 Å². The molecule has 1 rings (SSSR count). The van der Waals surface area contributed by atoms with E-state index in [-0.39, 0.29) is 11.9 Å². The normalized spacial score (nSPS) is 12.9. The molecule has 0 radical (unpaired) electrons. The second-order valence-electron chi connectivity index (χ2n) is 4.01. The van der Waals surface area contributed by atoms with Crippen LogP contribution in [0, 0.1) is 12.8 Å². The first-order chi connectivity index (χ1) is 7.02. The number of hydrogen-bond acceptors (Lipinski definition) is 3. The van der Waals surface area contributed by atoms with Crippen LogP contribution < -0.4 is 11.1 Å². The summed E-state index contributed by atoms with van der Waals surface area (Å²) in [5, 5.41) is 2.78. The lowest BCUT2D eigenvalue weighted by molar-refractivity contribution is 0.0947. The first kappa shape index (κ1) is 11.8. The third-order valence-electron chi connectivity index (χ3n) is 2.46. The van der Waals surface area contributed by atoms with E-state index in [0.29, 0.717) is 23.8 Å². The number of carbonyl (C=O) groups excluding carboxylic acids is 1. The van der Waals surface area contributed by atoms with Gasteiger partial charge < -0.3 is 15.5 Å². The van der Waals surface area contributed by atoms with Crippen LogP contribution in [0.25, 0.3) is 0 Å². The van der Waals surface area contributed by atoms with Crippen LogP contribution in [0.3, 0.4) is 0 Å². The van der Waals surface area contributed by atoms with E-state index in [2.05, 4.69) is 5.32 Å². The molecule has 0 spiro atoms. The van der Waals surface area contributed by atoms with Crippen molar-refractivity contribution in [3.8, 4) is 0 Å². The lowest BCUT2D eigenvalue weighted by atomic mass is 10.1. The van der Waals surface area contributed by atoms with E-state index in [1.807, 2.05) is 13.8 Å². The van der Waals surface area contributed by atoms with Crippen molar-refractivity contribution < 1.29 is 9.21 Å². The molecule has 1 aromatic rings. The Balaban J connectivity index is 2.47. The fraction of sp³-hybridized carbons (Fsp3) is 0.545. The summed E-state index contributed by atoms with van der Waals surface area (Å²) < 4.78 is 5.05. The molecule has 1 atom stereocenters. The highest BCUT2D eigenvalue weighted by atomic mass is 16.3. The third-order valence-corrected chi connectivity index (χ3v) is 2.46. The molecule has 4 heteroatoms. The molecule has 3 N–H and O–H groups in total. The van der Waals surface area contributed by atoms with Gasteiger partial charge in [0, 0.05) is 12.6 Å². The molecule has 1 heterocycles. The molecule has 0 fully saturated rings. The van der Waals surface area contributed by atoms with Crippen molar-refractivity contribution in [2.75, 3.05) is 6.54 Å². The number of hydrogen-bond donors (Lipinski definition) is 2. The quantitative estimate of drug-likeness (QED) is 0.787. The largest absolute Gasteiger partial charge is 0.469 e. The summed E-state index contributed by atoms with van der Waals surface area (Å²) in [4.78, 5) is 11.6. The zero-order valence-electron chi connectivity index (χ0n) is 9.41. The molecule has 84 valence electrons. The third kappa shape index (κ3) is 3.09. The zero-order valence-corrected chi connectivity index (χ0v) is 9.41. The molecule has 15 heavy (non-hydrogen) atoms. The SMILES string of the molecule is Cc1occc1C(=O)NCC(N)C(C)C. The summed E-state index contributed by atoms with van der Waals surface area (Å²) >= 11 is 0. The number of nitrogens with one attached hydrogen (secondary N) is 1. The number of nitrogens with two attached hydrogens (primary N) is 1. The Hall–Kier alpha value is -1.29. The molecule has 1 amide bonds. The van der Waals surface area contributed by atoms with Gasteiger partial charge in [-0.05, 0) is 18.9 Å². The Morgan fingerprint density at radius 1 is 1.60 bits per heavy atom. The average molecular weight is 210 g/mol. The topological polar surface area (TPSA) is 68.3 Å².